The molecule has 0 atom stereocenters. The minimum atomic E-state index is 0.260. The first-order chi connectivity index (χ1) is 5.24. The summed E-state index contributed by atoms with van der Waals surface area (Å²) in [4.78, 5) is 0. The largest absolute Gasteiger partial charge is 0.322 e. The van der Waals surface area contributed by atoms with Crippen molar-refractivity contribution in [3.8, 4) is 6.19 Å². The lowest BCUT2D eigenvalue weighted by Crippen LogP contribution is -2.34. The van der Waals surface area contributed by atoms with E-state index in [-0.39, 0.29) is 4.75 Å². The molecule has 0 aromatic heterocycles. The van der Waals surface area contributed by atoms with Gasteiger partial charge in [0, 0.05) is 11.3 Å². The van der Waals surface area contributed by atoms with Crippen LogP contribution in [0.4, 0.5) is 0 Å². The van der Waals surface area contributed by atoms with Crippen molar-refractivity contribution in [1.29, 1.82) is 5.26 Å². The molecule has 2 nitrogen and oxygen atoms in total. The van der Waals surface area contributed by atoms with E-state index in [4.69, 9.17) is 5.26 Å². The van der Waals surface area contributed by atoms with Crippen molar-refractivity contribution >= 4 is 11.8 Å². The van der Waals surface area contributed by atoms with Crippen LogP contribution in [0.2, 0.25) is 0 Å². The van der Waals surface area contributed by atoms with Crippen LogP contribution in [0.1, 0.15) is 26.7 Å². The molecule has 0 rings (SSSR count). The van der Waals surface area contributed by atoms with Crippen molar-refractivity contribution in [3.63, 3.8) is 0 Å². The van der Waals surface area contributed by atoms with E-state index < -0.39 is 0 Å². The first-order valence-electron chi connectivity index (χ1n) is 3.91. The number of hydrogen-bond acceptors (Lipinski definition) is 3. The van der Waals surface area contributed by atoms with Crippen LogP contribution in [0.5, 0.6) is 0 Å². The molecule has 1 N–H and O–H groups in total. The molecule has 0 aromatic carbocycles. The van der Waals surface area contributed by atoms with Crippen LogP contribution in [0.25, 0.3) is 0 Å². The standard InChI is InChI=1S/C8H16N2S/c1-4-8(5-2,11-3)6-10-7-9/h10H,4-6H2,1-3H3. The Balaban J connectivity index is 3.96. The summed E-state index contributed by atoms with van der Waals surface area (Å²) in [5, 5.41) is 11.1. The monoisotopic (exact) mass is 172 g/mol. The Hall–Kier alpha value is -0.360. The van der Waals surface area contributed by atoms with E-state index >= 15 is 0 Å². The van der Waals surface area contributed by atoms with E-state index in [2.05, 4.69) is 25.4 Å². The van der Waals surface area contributed by atoms with Gasteiger partial charge in [-0.2, -0.15) is 17.0 Å². The van der Waals surface area contributed by atoms with Crippen molar-refractivity contribution in [1.82, 2.24) is 5.32 Å². The average molecular weight is 172 g/mol. The Labute approximate surface area is 73.4 Å². The molecule has 0 aliphatic carbocycles. The molecule has 3 heteroatoms. The summed E-state index contributed by atoms with van der Waals surface area (Å²) in [5.74, 6) is 0. The van der Waals surface area contributed by atoms with Gasteiger partial charge in [0.15, 0.2) is 6.19 Å². The van der Waals surface area contributed by atoms with E-state index in [1.54, 1.807) is 0 Å². The molecule has 0 fully saturated rings. The Morgan fingerprint density at radius 3 is 2.27 bits per heavy atom. The Bertz CT molecular complexity index is 127. The number of rotatable bonds is 5. The van der Waals surface area contributed by atoms with Crippen molar-refractivity contribution < 1.29 is 0 Å². The van der Waals surface area contributed by atoms with Crippen LogP contribution in [-0.2, 0) is 0 Å². The zero-order valence-corrected chi connectivity index (χ0v) is 8.29. The van der Waals surface area contributed by atoms with Gasteiger partial charge in [0.25, 0.3) is 0 Å². The maximum atomic E-state index is 8.35. The van der Waals surface area contributed by atoms with E-state index in [1.807, 2.05) is 18.0 Å². The molecule has 0 aliphatic rings. The maximum Gasteiger partial charge on any atom is 0.176 e. The first kappa shape index (κ1) is 10.6. The molecule has 0 amide bonds. The third-order valence-electron chi connectivity index (χ3n) is 2.21. The van der Waals surface area contributed by atoms with Crippen LogP contribution < -0.4 is 5.32 Å². The number of nitriles is 1. The predicted octanol–water partition coefficient (Wildman–Crippen LogP) is 1.98. The van der Waals surface area contributed by atoms with Gasteiger partial charge in [-0.05, 0) is 19.1 Å². The minimum absolute atomic E-state index is 0.260. The molecule has 0 aliphatic heterocycles. The lowest BCUT2D eigenvalue weighted by atomic mass is 10.0. The normalized spacial score (nSPS) is 10.7. The van der Waals surface area contributed by atoms with Crippen LogP contribution >= 0.6 is 11.8 Å². The van der Waals surface area contributed by atoms with E-state index in [9.17, 15) is 0 Å². The Morgan fingerprint density at radius 1 is 1.45 bits per heavy atom. The summed E-state index contributed by atoms with van der Waals surface area (Å²) in [6.45, 7) is 5.12. The second-order valence-electron chi connectivity index (χ2n) is 2.56. The smallest absolute Gasteiger partial charge is 0.176 e. The van der Waals surface area contributed by atoms with E-state index in [0.717, 1.165) is 19.4 Å². The van der Waals surface area contributed by atoms with Crippen LogP contribution in [-0.4, -0.2) is 17.5 Å². The molecular formula is C8H16N2S. The summed E-state index contributed by atoms with van der Waals surface area (Å²) >= 11 is 1.84. The molecule has 0 bridgehead atoms. The van der Waals surface area contributed by atoms with Gasteiger partial charge in [0.1, 0.15) is 0 Å². The second-order valence-corrected chi connectivity index (χ2v) is 3.83. The lowest BCUT2D eigenvalue weighted by molar-refractivity contribution is 0.532. The third kappa shape index (κ3) is 3.02. The van der Waals surface area contributed by atoms with Gasteiger partial charge < -0.3 is 5.32 Å². The second kappa shape index (κ2) is 5.31. The Morgan fingerprint density at radius 2 is 2.00 bits per heavy atom. The van der Waals surface area contributed by atoms with Crippen LogP contribution in [0.3, 0.4) is 0 Å². The average Bonchev–Trinajstić information content (AvgIpc) is 2.08. The highest BCUT2D eigenvalue weighted by atomic mass is 32.2. The Kier molecular flexibility index (Phi) is 5.14. The van der Waals surface area contributed by atoms with Crippen molar-refractivity contribution in [2.24, 2.45) is 0 Å². The number of nitrogens with zero attached hydrogens (tertiary/aromatic N) is 1. The fourth-order valence-corrected chi connectivity index (χ4v) is 1.86. The van der Waals surface area contributed by atoms with Gasteiger partial charge in [-0.1, -0.05) is 13.8 Å². The molecule has 0 saturated carbocycles. The van der Waals surface area contributed by atoms with Gasteiger partial charge >= 0.3 is 0 Å². The first-order valence-corrected chi connectivity index (χ1v) is 5.14. The molecular weight excluding hydrogens is 156 g/mol. The van der Waals surface area contributed by atoms with Crippen LogP contribution in [0.15, 0.2) is 0 Å². The van der Waals surface area contributed by atoms with Gasteiger partial charge in [0.2, 0.25) is 0 Å². The highest BCUT2D eigenvalue weighted by molar-refractivity contribution is 8.00. The molecule has 11 heavy (non-hydrogen) atoms. The summed E-state index contributed by atoms with van der Waals surface area (Å²) in [5.41, 5.74) is 0. The number of thioether (sulfide) groups is 1. The number of hydrogen-bond donors (Lipinski definition) is 1. The van der Waals surface area contributed by atoms with Crippen LogP contribution in [0, 0.1) is 11.5 Å². The van der Waals surface area contributed by atoms with Crippen molar-refractivity contribution in [3.05, 3.63) is 0 Å². The van der Waals surface area contributed by atoms with E-state index in [0.29, 0.717) is 0 Å². The molecule has 64 valence electrons. The topological polar surface area (TPSA) is 35.8 Å². The van der Waals surface area contributed by atoms with Crippen molar-refractivity contribution in [2.45, 2.75) is 31.4 Å². The highest BCUT2D eigenvalue weighted by Crippen LogP contribution is 2.29. The molecule has 0 saturated heterocycles. The molecule has 0 spiro atoms. The fourth-order valence-electron chi connectivity index (χ4n) is 1.06. The summed E-state index contributed by atoms with van der Waals surface area (Å²) in [7, 11) is 0. The zero-order chi connectivity index (χ0) is 8.74. The summed E-state index contributed by atoms with van der Waals surface area (Å²) in [6.07, 6.45) is 6.29. The van der Waals surface area contributed by atoms with Crippen molar-refractivity contribution in [2.75, 3.05) is 12.8 Å². The van der Waals surface area contributed by atoms with E-state index in [1.165, 1.54) is 0 Å². The zero-order valence-electron chi connectivity index (χ0n) is 7.48. The van der Waals surface area contributed by atoms with Gasteiger partial charge in [-0.15, -0.1) is 0 Å². The quantitative estimate of drug-likeness (QED) is 0.509. The third-order valence-corrected chi connectivity index (χ3v) is 3.80. The molecule has 0 unspecified atom stereocenters. The SMILES string of the molecule is CCC(CC)(CNC#N)SC. The highest BCUT2D eigenvalue weighted by Gasteiger charge is 2.23. The number of nitrogens with one attached hydrogen (secondary N) is 1. The molecule has 0 aromatic rings. The van der Waals surface area contributed by atoms with Gasteiger partial charge in [-0.3, -0.25) is 0 Å². The lowest BCUT2D eigenvalue weighted by Gasteiger charge is -2.28. The molecule has 0 heterocycles. The van der Waals surface area contributed by atoms with Gasteiger partial charge in [0.05, 0.1) is 0 Å². The fraction of sp³-hybridized carbons (Fsp3) is 0.875. The predicted molar refractivity (Wildman–Crippen MR) is 50.4 cm³/mol. The summed E-state index contributed by atoms with van der Waals surface area (Å²) < 4.78 is 0.260. The molecule has 0 radical (unpaired) electrons. The van der Waals surface area contributed by atoms with Gasteiger partial charge in [-0.25, -0.2) is 0 Å². The minimum Gasteiger partial charge on any atom is -0.322 e. The summed E-state index contributed by atoms with van der Waals surface area (Å²) in [6, 6.07) is 0. The maximum absolute atomic E-state index is 8.35.